The first-order chi connectivity index (χ1) is 10.6. The van der Waals surface area contributed by atoms with Gasteiger partial charge in [0.25, 0.3) is 5.91 Å². The lowest BCUT2D eigenvalue weighted by molar-refractivity contribution is 0.102. The molecular weight excluding hydrogens is 300 g/mol. The molecule has 1 aromatic heterocycles. The fraction of sp³-hybridized carbons (Fsp3) is 0.312. The van der Waals surface area contributed by atoms with Crippen LogP contribution in [0.2, 0.25) is 5.02 Å². The number of amides is 1. The van der Waals surface area contributed by atoms with Crippen LogP contribution in [0.5, 0.6) is 0 Å². The van der Waals surface area contributed by atoms with Gasteiger partial charge in [0.2, 0.25) is 5.95 Å². The first-order valence-electron chi connectivity index (χ1n) is 7.28. The largest absolute Gasteiger partial charge is 0.341 e. The number of aromatic nitrogens is 2. The highest BCUT2D eigenvalue weighted by Crippen LogP contribution is 2.20. The Morgan fingerprint density at radius 1 is 1.23 bits per heavy atom. The van der Waals surface area contributed by atoms with Crippen LogP contribution in [-0.2, 0) is 0 Å². The third-order valence-electron chi connectivity index (χ3n) is 3.72. The van der Waals surface area contributed by atoms with E-state index in [9.17, 15) is 4.79 Å². The van der Waals surface area contributed by atoms with Crippen LogP contribution in [0.15, 0.2) is 30.6 Å². The van der Waals surface area contributed by atoms with Crippen molar-refractivity contribution in [1.29, 1.82) is 0 Å². The second-order valence-electron chi connectivity index (χ2n) is 5.38. The number of anilines is 2. The van der Waals surface area contributed by atoms with Gasteiger partial charge in [-0.15, -0.1) is 0 Å². The molecule has 2 heterocycles. The molecule has 0 bridgehead atoms. The molecule has 1 amide bonds. The summed E-state index contributed by atoms with van der Waals surface area (Å²) >= 11 is 6.06. The SMILES string of the molecule is Cc1ccc(NC(=O)c2cnc(N3CCCC3)nc2)cc1Cl. The molecule has 2 aromatic rings. The van der Waals surface area contributed by atoms with Crippen molar-refractivity contribution < 1.29 is 4.79 Å². The predicted molar refractivity (Wildman–Crippen MR) is 87.6 cm³/mol. The van der Waals surface area contributed by atoms with E-state index in [4.69, 9.17) is 11.6 Å². The fourth-order valence-electron chi connectivity index (χ4n) is 2.39. The molecule has 1 saturated heterocycles. The van der Waals surface area contributed by atoms with Gasteiger partial charge in [0.05, 0.1) is 5.56 Å². The van der Waals surface area contributed by atoms with Gasteiger partial charge in [0.15, 0.2) is 0 Å². The molecule has 3 rings (SSSR count). The normalized spacial score (nSPS) is 14.2. The van der Waals surface area contributed by atoms with Crippen LogP contribution in [0.3, 0.4) is 0 Å². The number of rotatable bonds is 3. The van der Waals surface area contributed by atoms with Crippen molar-refractivity contribution in [2.24, 2.45) is 0 Å². The van der Waals surface area contributed by atoms with Crippen LogP contribution in [0, 0.1) is 6.92 Å². The lowest BCUT2D eigenvalue weighted by Gasteiger charge is -2.14. The van der Waals surface area contributed by atoms with Gasteiger partial charge in [-0.25, -0.2) is 9.97 Å². The van der Waals surface area contributed by atoms with E-state index in [1.54, 1.807) is 18.5 Å². The molecule has 6 heteroatoms. The molecule has 1 N–H and O–H groups in total. The minimum Gasteiger partial charge on any atom is -0.341 e. The highest BCUT2D eigenvalue weighted by molar-refractivity contribution is 6.31. The van der Waals surface area contributed by atoms with Gasteiger partial charge in [0.1, 0.15) is 0 Å². The van der Waals surface area contributed by atoms with E-state index < -0.39 is 0 Å². The molecule has 0 atom stereocenters. The van der Waals surface area contributed by atoms with Crippen molar-refractivity contribution in [3.8, 4) is 0 Å². The zero-order valence-corrected chi connectivity index (χ0v) is 13.1. The van der Waals surface area contributed by atoms with Crippen molar-refractivity contribution in [3.05, 3.63) is 46.7 Å². The molecule has 1 fully saturated rings. The number of hydrogen-bond donors (Lipinski definition) is 1. The maximum absolute atomic E-state index is 12.2. The molecular formula is C16H17ClN4O. The van der Waals surface area contributed by atoms with Crippen LogP contribution in [0.25, 0.3) is 0 Å². The quantitative estimate of drug-likeness (QED) is 0.944. The van der Waals surface area contributed by atoms with E-state index in [1.807, 2.05) is 19.1 Å². The number of benzene rings is 1. The lowest BCUT2D eigenvalue weighted by atomic mass is 10.2. The third-order valence-corrected chi connectivity index (χ3v) is 4.13. The number of carbonyl (C=O) groups excluding carboxylic acids is 1. The van der Waals surface area contributed by atoms with Gasteiger partial charge in [0, 0.05) is 36.2 Å². The second-order valence-corrected chi connectivity index (χ2v) is 5.79. The Bertz CT molecular complexity index is 681. The maximum Gasteiger partial charge on any atom is 0.258 e. The van der Waals surface area contributed by atoms with E-state index in [-0.39, 0.29) is 5.91 Å². The van der Waals surface area contributed by atoms with Crippen LogP contribution in [-0.4, -0.2) is 29.0 Å². The van der Waals surface area contributed by atoms with Crippen LogP contribution in [0.4, 0.5) is 11.6 Å². The third kappa shape index (κ3) is 3.20. The van der Waals surface area contributed by atoms with E-state index in [2.05, 4.69) is 20.2 Å². The molecule has 1 aliphatic rings. The van der Waals surface area contributed by atoms with Crippen molar-refractivity contribution in [1.82, 2.24) is 9.97 Å². The van der Waals surface area contributed by atoms with Crippen molar-refractivity contribution >= 4 is 29.1 Å². The van der Waals surface area contributed by atoms with Gasteiger partial charge in [-0.05, 0) is 37.5 Å². The Morgan fingerprint density at radius 3 is 2.55 bits per heavy atom. The smallest absolute Gasteiger partial charge is 0.258 e. The van der Waals surface area contributed by atoms with Crippen LogP contribution < -0.4 is 10.2 Å². The first-order valence-corrected chi connectivity index (χ1v) is 7.66. The summed E-state index contributed by atoms with van der Waals surface area (Å²) in [6.45, 7) is 3.87. The summed E-state index contributed by atoms with van der Waals surface area (Å²) in [7, 11) is 0. The molecule has 0 aliphatic carbocycles. The van der Waals surface area contributed by atoms with Gasteiger partial charge >= 0.3 is 0 Å². The molecule has 1 aliphatic heterocycles. The summed E-state index contributed by atoms with van der Waals surface area (Å²) in [4.78, 5) is 22.9. The number of nitrogens with one attached hydrogen (secondary N) is 1. The summed E-state index contributed by atoms with van der Waals surface area (Å²) in [5.74, 6) is 0.445. The number of nitrogens with zero attached hydrogens (tertiary/aromatic N) is 3. The Labute approximate surface area is 134 Å². The highest BCUT2D eigenvalue weighted by Gasteiger charge is 2.15. The topological polar surface area (TPSA) is 58.1 Å². The zero-order valence-electron chi connectivity index (χ0n) is 12.3. The summed E-state index contributed by atoms with van der Waals surface area (Å²) in [6.07, 6.45) is 5.46. The van der Waals surface area contributed by atoms with Crippen molar-refractivity contribution in [2.45, 2.75) is 19.8 Å². The van der Waals surface area contributed by atoms with Gasteiger partial charge in [-0.3, -0.25) is 4.79 Å². The maximum atomic E-state index is 12.2. The zero-order chi connectivity index (χ0) is 15.5. The molecule has 5 nitrogen and oxygen atoms in total. The number of halogens is 1. The molecule has 1 aromatic carbocycles. The summed E-state index contributed by atoms with van der Waals surface area (Å²) in [5.41, 5.74) is 2.06. The monoisotopic (exact) mass is 316 g/mol. The highest BCUT2D eigenvalue weighted by atomic mass is 35.5. The van der Waals surface area contributed by atoms with Crippen molar-refractivity contribution in [3.63, 3.8) is 0 Å². The molecule has 0 unspecified atom stereocenters. The van der Waals surface area contributed by atoms with E-state index in [1.165, 1.54) is 12.8 Å². The summed E-state index contributed by atoms with van der Waals surface area (Å²) in [6, 6.07) is 5.41. The van der Waals surface area contributed by atoms with Crippen LogP contribution >= 0.6 is 11.6 Å². The molecule has 0 spiro atoms. The summed E-state index contributed by atoms with van der Waals surface area (Å²) < 4.78 is 0. The number of hydrogen-bond acceptors (Lipinski definition) is 4. The average molecular weight is 317 g/mol. The van der Waals surface area contributed by atoms with Crippen molar-refractivity contribution in [2.75, 3.05) is 23.3 Å². The van der Waals surface area contributed by atoms with Gasteiger partial charge in [-0.1, -0.05) is 17.7 Å². The second kappa shape index (κ2) is 6.32. The molecule has 22 heavy (non-hydrogen) atoms. The van der Waals surface area contributed by atoms with Gasteiger partial charge in [-0.2, -0.15) is 0 Å². The minimum atomic E-state index is -0.243. The average Bonchev–Trinajstić information content (AvgIpc) is 3.05. The molecule has 114 valence electrons. The van der Waals surface area contributed by atoms with E-state index in [0.717, 1.165) is 18.7 Å². The van der Waals surface area contributed by atoms with E-state index >= 15 is 0 Å². The number of carbonyl (C=O) groups is 1. The van der Waals surface area contributed by atoms with Gasteiger partial charge < -0.3 is 10.2 Å². The standard InChI is InChI=1S/C16H17ClN4O/c1-11-4-5-13(8-14(11)17)20-15(22)12-9-18-16(19-10-12)21-6-2-3-7-21/h4-5,8-10H,2-3,6-7H2,1H3,(H,20,22). The summed E-state index contributed by atoms with van der Waals surface area (Å²) in [5, 5.41) is 3.42. The Hall–Kier alpha value is -2.14. The fourth-order valence-corrected chi connectivity index (χ4v) is 2.57. The Balaban J connectivity index is 1.70. The van der Waals surface area contributed by atoms with E-state index in [0.29, 0.717) is 22.2 Å². The lowest BCUT2D eigenvalue weighted by Crippen LogP contribution is -2.21. The first kappa shape index (κ1) is 14.8. The predicted octanol–water partition coefficient (Wildman–Crippen LogP) is 3.29. The Kier molecular flexibility index (Phi) is 4.24. The molecule has 0 radical (unpaired) electrons. The Morgan fingerprint density at radius 2 is 1.91 bits per heavy atom. The number of aryl methyl sites for hydroxylation is 1. The molecule has 0 saturated carbocycles. The minimum absolute atomic E-state index is 0.243. The van der Waals surface area contributed by atoms with Crippen LogP contribution in [0.1, 0.15) is 28.8 Å².